The van der Waals surface area contributed by atoms with Gasteiger partial charge in [0, 0.05) is 12.8 Å². The largest absolute Gasteiger partial charge is 0.488 e. The minimum atomic E-state index is -0.515. The van der Waals surface area contributed by atoms with Crippen molar-refractivity contribution in [2.45, 2.75) is 12.8 Å². The molecule has 26 heavy (non-hydrogen) atoms. The average Bonchev–Trinajstić information content (AvgIpc) is 2.98. The third-order valence-corrected chi connectivity index (χ3v) is 4.14. The van der Waals surface area contributed by atoms with Gasteiger partial charge >= 0.3 is 5.97 Å². The lowest BCUT2D eigenvalue weighted by Gasteiger charge is -2.14. The number of halogens is 1. The van der Waals surface area contributed by atoms with E-state index in [0.29, 0.717) is 22.0 Å². The van der Waals surface area contributed by atoms with Gasteiger partial charge in [0.25, 0.3) is 0 Å². The summed E-state index contributed by atoms with van der Waals surface area (Å²) in [5.74, 6) is -0.461. The van der Waals surface area contributed by atoms with E-state index >= 15 is 0 Å². The Morgan fingerprint density at radius 3 is 2.27 bits per heavy atom. The fourth-order valence-corrected chi connectivity index (χ4v) is 2.73. The molecule has 1 saturated heterocycles. The molecule has 2 aromatic carbocycles. The number of hydrogen-bond acceptors (Lipinski definition) is 5. The summed E-state index contributed by atoms with van der Waals surface area (Å²) in [6.45, 7) is 0.235. The van der Waals surface area contributed by atoms with Crippen molar-refractivity contribution in [2.75, 3.05) is 18.1 Å². The third kappa shape index (κ3) is 4.03. The van der Waals surface area contributed by atoms with E-state index in [1.165, 1.54) is 12.1 Å². The highest BCUT2D eigenvalue weighted by Gasteiger charge is 2.30. The topological polar surface area (TPSA) is 72.9 Å². The van der Waals surface area contributed by atoms with Gasteiger partial charge in [0.15, 0.2) is 0 Å². The van der Waals surface area contributed by atoms with Gasteiger partial charge in [0.05, 0.1) is 16.3 Å². The summed E-state index contributed by atoms with van der Waals surface area (Å²) in [4.78, 5) is 36.6. The molecule has 0 aliphatic carbocycles. The molecule has 1 heterocycles. The summed E-state index contributed by atoms with van der Waals surface area (Å²) in [6.07, 6.45) is 0.433. The van der Waals surface area contributed by atoms with Gasteiger partial charge in [-0.1, -0.05) is 23.7 Å². The van der Waals surface area contributed by atoms with Gasteiger partial charge in [0.2, 0.25) is 11.8 Å². The molecule has 0 saturated carbocycles. The summed E-state index contributed by atoms with van der Waals surface area (Å²) in [5.41, 5.74) is 0.779. The Bertz CT molecular complexity index is 818. The maximum Gasteiger partial charge on any atom is 0.338 e. The SMILES string of the molecule is O=C(OCCOc1ccccc1Cl)c1ccc(N2C(=O)CCC2=O)cc1. The Morgan fingerprint density at radius 2 is 1.62 bits per heavy atom. The molecule has 2 aromatic rings. The number of ether oxygens (including phenoxy) is 2. The lowest BCUT2D eigenvalue weighted by Crippen LogP contribution is -2.28. The number of imide groups is 1. The van der Waals surface area contributed by atoms with Gasteiger partial charge in [-0.15, -0.1) is 0 Å². The van der Waals surface area contributed by atoms with E-state index in [1.807, 2.05) is 0 Å². The molecule has 0 bridgehead atoms. The van der Waals surface area contributed by atoms with Crippen LogP contribution >= 0.6 is 11.6 Å². The molecule has 1 fully saturated rings. The van der Waals surface area contributed by atoms with Crippen molar-refractivity contribution in [2.24, 2.45) is 0 Å². The van der Waals surface area contributed by atoms with Crippen LogP contribution in [-0.4, -0.2) is 31.0 Å². The quantitative estimate of drug-likeness (QED) is 0.441. The lowest BCUT2D eigenvalue weighted by atomic mass is 10.2. The standard InChI is InChI=1S/C19H16ClNO5/c20-15-3-1-2-4-16(15)25-11-12-26-19(24)13-5-7-14(8-6-13)21-17(22)9-10-18(21)23/h1-8H,9-12H2. The van der Waals surface area contributed by atoms with Crippen LogP contribution < -0.4 is 9.64 Å². The summed E-state index contributed by atoms with van der Waals surface area (Å²) < 4.78 is 10.6. The zero-order chi connectivity index (χ0) is 18.5. The van der Waals surface area contributed by atoms with Crippen LogP contribution in [0.4, 0.5) is 5.69 Å². The number of anilines is 1. The van der Waals surface area contributed by atoms with Crippen LogP contribution in [-0.2, 0) is 14.3 Å². The molecule has 6 nitrogen and oxygen atoms in total. The molecule has 0 unspecified atom stereocenters. The molecule has 3 rings (SSSR count). The number of hydrogen-bond donors (Lipinski definition) is 0. The van der Waals surface area contributed by atoms with Crippen molar-refractivity contribution < 1.29 is 23.9 Å². The fourth-order valence-electron chi connectivity index (χ4n) is 2.54. The highest BCUT2D eigenvalue weighted by Crippen LogP contribution is 2.24. The van der Waals surface area contributed by atoms with Gasteiger partial charge in [-0.3, -0.25) is 14.5 Å². The van der Waals surface area contributed by atoms with Crippen molar-refractivity contribution in [3.63, 3.8) is 0 Å². The average molecular weight is 374 g/mol. The first-order chi connectivity index (χ1) is 12.6. The Morgan fingerprint density at radius 1 is 0.962 bits per heavy atom. The van der Waals surface area contributed by atoms with E-state index in [2.05, 4.69) is 0 Å². The smallest absolute Gasteiger partial charge is 0.338 e. The molecule has 0 spiro atoms. The highest BCUT2D eigenvalue weighted by molar-refractivity contribution is 6.32. The fraction of sp³-hybridized carbons (Fsp3) is 0.211. The number of carbonyl (C=O) groups excluding carboxylic acids is 3. The lowest BCUT2D eigenvalue weighted by molar-refractivity contribution is -0.121. The first kappa shape index (κ1) is 17.9. The second-order valence-corrected chi connectivity index (χ2v) is 5.99. The number of nitrogens with zero attached hydrogens (tertiary/aromatic N) is 1. The first-order valence-electron chi connectivity index (χ1n) is 8.06. The van der Waals surface area contributed by atoms with E-state index in [4.69, 9.17) is 21.1 Å². The van der Waals surface area contributed by atoms with Crippen molar-refractivity contribution in [3.05, 3.63) is 59.1 Å². The molecule has 7 heteroatoms. The van der Waals surface area contributed by atoms with Crippen molar-refractivity contribution in [1.29, 1.82) is 0 Å². The van der Waals surface area contributed by atoms with Crippen LogP contribution in [0.5, 0.6) is 5.75 Å². The Kier molecular flexibility index (Phi) is 5.53. The second-order valence-electron chi connectivity index (χ2n) is 5.58. The van der Waals surface area contributed by atoms with E-state index in [-0.39, 0.29) is 37.9 Å². The molecule has 0 atom stereocenters. The summed E-state index contributed by atoms with van der Waals surface area (Å²) in [6, 6.07) is 13.2. The van der Waals surface area contributed by atoms with E-state index in [0.717, 1.165) is 4.90 Å². The van der Waals surface area contributed by atoms with Crippen molar-refractivity contribution in [3.8, 4) is 5.75 Å². The summed E-state index contributed by atoms with van der Waals surface area (Å²) >= 11 is 5.97. The van der Waals surface area contributed by atoms with Crippen molar-refractivity contribution >= 4 is 35.1 Å². The van der Waals surface area contributed by atoms with Crippen LogP contribution in [0.1, 0.15) is 23.2 Å². The van der Waals surface area contributed by atoms with Gasteiger partial charge in [-0.2, -0.15) is 0 Å². The second kappa shape index (κ2) is 8.01. The molecule has 1 aliphatic rings. The van der Waals surface area contributed by atoms with Crippen LogP contribution in [0.15, 0.2) is 48.5 Å². The van der Waals surface area contributed by atoms with Gasteiger partial charge < -0.3 is 9.47 Å². The molecule has 0 N–H and O–H groups in total. The Hall–Kier alpha value is -2.86. The van der Waals surface area contributed by atoms with Gasteiger partial charge in [0.1, 0.15) is 19.0 Å². The van der Waals surface area contributed by atoms with E-state index in [1.54, 1.807) is 36.4 Å². The maximum absolute atomic E-state index is 12.0. The summed E-state index contributed by atoms with van der Waals surface area (Å²) in [7, 11) is 0. The van der Waals surface area contributed by atoms with Crippen LogP contribution in [0.3, 0.4) is 0 Å². The minimum Gasteiger partial charge on any atom is -0.488 e. The predicted molar refractivity (Wildman–Crippen MR) is 95.4 cm³/mol. The molecule has 134 valence electrons. The Labute approximate surface area is 155 Å². The molecule has 1 aliphatic heterocycles. The summed E-state index contributed by atoms with van der Waals surface area (Å²) in [5, 5.41) is 0.487. The first-order valence-corrected chi connectivity index (χ1v) is 8.44. The molecule has 0 radical (unpaired) electrons. The number of amides is 2. The predicted octanol–water partition coefficient (Wildman–Crippen LogP) is 3.23. The van der Waals surface area contributed by atoms with Crippen LogP contribution in [0, 0.1) is 0 Å². The highest BCUT2D eigenvalue weighted by atomic mass is 35.5. The number of benzene rings is 2. The third-order valence-electron chi connectivity index (χ3n) is 3.82. The van der Waals surface area contributed by atoms with E-state index in [9.17, 15) is 14.4 Å². The Balaban J connectivity index is 1.51. The number of carbonyl (C=O) groups is 3. The molecular formula is C19H16ClNO5. The van der Waals surface area contributed by atoms with Crippen LogP contribution in [0.25, 0.3) is 0 Å². The number of para-hydroxylation sites is 1. The van der Waals surface area contributed by atoms with Gasteiger partial charge in [-0.25, -0.2) is 4.79 Å². The monoisotopic (exact) mass is 373 g/mol. The van der Waals surface area contributed by atoms with Gasteiger partial charge in [-0.05, 0) is 36.4 Å². The molecular weight excluding hydrogens is 358 g/mol. The number of rotatable bonds is 6. The minimum absolute atomic E-state index is 0.0644. The zero-order valence-electron chi connectivity index (χ0n) is 13.8. The maximum atomic E-state index is 12.0. The zero-order valence-corrected chi connectivity index (χ0v) is 14.6. The molecule has 2 amide bonds. The number of esters is 1. The normalized spacial score (nSPS) is 13.8. The van der Waals surface area contributed by atoms with E-state index < -0.39 is 5.97 Å². The van der Waals surface area contributed by atoms with Crippen molar-refractivity contribution in [1.82, 2.24) is 0 Å². The van der Waals surface area contributed by atoms with Crippen LogP contribution in [0.2, 0.25) is 5.02 Å². The molecule has 0 aromatic heterocycles.